The third kappa shape index (κ3) is 9.74. The molecule has 0 spiro atoms. The number of fused-ring (bicyclic) bond motifs is 9. The lowest BCUT2D eigenvalue weighted by atomic mass is 9.92. The molecular weight excluding hydrogens is 797 g/mol. The van der Waals surface area contributed by atoms with Crippen LogP contribution in [0.2, 0.25) is 0 Å². The van der Waals surface area contributed by atoms with E-state index in [0.717, 1.165) is 19.3 Å². The number of hydrogen-bond acceptors (Lipinski definition) is 2. The Kier molecular flexibility index (Phi) is 14.5. The molecule has 1 aliphatic carbocycles. The molecule has 0 aliphatic heterocycles. The maximum absolute atomic E-state index is 2.56. The largest absolute Gasteiger partial charge is 0.135 e. The highest BCUT2D eigenvalue weighted by Gasteiger charge is 2.23. The van der Waals surface area contributed by atoms with Crippen molar-refractivity contribution in [3.8, 4) is 33.4 Å². The van der Waals surface area contributed by atoms with E-state index in [1.807, 2.05) is 22.7 Å². The molecule has 0 saturated heterocycles. The second-order valence-electron chi connectivity index (χ2n) is 19.1. The third-order valence-corrected chi connectivity index (χ3v) is 16.6. The Hall–Kier alpha value is -4.24. The van der Waals surface area contributed by atoms with Gasteiger partial charge < -0.3 is 0 Å². The minimum absolute atomic E-state index is 1.01. The highest BCUT2D eigenvalue weighted by molar-refractivity contribution is 7.26. The highest BCUT2D eigenvalue weighted by atomic mass is 32.1. The van der Waals surface area contributed by atoms with Gasteiger partial charge in [-0.2, -0.15) is 0 Å². The van der Waals surface area contributed by atoms with Gasteiger partial charge in [0.05, 0.1) is 0 Å². The summed E-state index contributed by atoms with van der Waals surface area (Å²) in [7, 11) is 0. The van der Waals surface area contributed by atoms with Crippen LogP contribution in [0.3, 0.4) is 0 Å². The van der Waals surface area contributed by atoms with Gasteiger partial charge in [-0.25, -0.2) is 0 Å². The van der Waals surface area contributed by atoms with Crippen molar-refractivity contribution in [3.05, 3.63) is 130 Å². The monoisotopic (exact) mass is 866 g/mol. The van der Waals surface area contributed by atoms with Crippen molar-refractivity contribution in [3.63, 3.8) is 0 Å². The zero-order valence-corrected chi connectivity index (χ0v) is 40.5. The molecule has 6 aromatic carbocycles. The van der Waals surface area contributed by atoms with E-state index in [2.05, 4.69) is 125 Å². The van der Waals surface area contributed by atoms with Crippen molar-refractivity contribution < 1.29 is 0 Å². The predicted octanol–water partition coefficient (Wildman–Crippen LogP) is 19.8. The second-order valence-corrected chi connectivity index (χ2v) is 21.2. The van der Waals surface area contributed by atoms with Gasteiger partial charge in [0.25, 0.3) is 0 Å². The maximum atomic E-state index is 2.56. The molecule has 8 aromatic rings. The van der Waals surface area contributed by atoms with Crippen LogP contribution in [-0.2, 0) is 32.1 Å². The molecule has 0 unspecified atom stereocenters. The van der Waals surface area contributed by atoms with Gasteiger partial charge in [0.1, 0.15) is 0 Å². The first kappa shape index (κ1) is 44.0. The zero-order valence-electron chi connectivity index (χ0n) is 38.9. The summed E-state index contributed by atoms with van der Waals surface area (Å²) in [5.74, 6) is 0. The fraction of sp³-hybridized carbons (Fsp3) is 0.410. The van der Waals surface area contributed by atoms with Crippen LogP contribution in [0, 0.1) is 0 Å². The van der Waals surface area contributed by atoms with Crippen LogP contribution < -0.4 is 0 Å². The molecule has 0 atom stereocenters. The quantitative estimate of drug-likeness (QED) is 0.0596. The summed E-state index contributed by atoms with van der Waals surface area (Å²) in [5.41, 5.74) is 17.3. The standard InChI is InChI=1S/C61H70S2/c1-5-9-13-17-21-42-25-31-58-54(33-42)56-37-44(23-19-15-11-7-3)35-52(60(56)62-58)48-29-27-46-39-47-28-30-49(41-51(47)50(46)40-48)53-36-45(24-20-16-12-8-4)38-57-55-34-43(22-18-14-10-6-2)26-32-59(55)63-61(53)57/h25-38,40-41H,5-24,39H2,1-4H3. The Morgan fingerprint density at radius 3 is 1.11 bits per heavy atom. The lowest BCUT2D eigenvalue weighted by molar-refractivity contribution is 0.667. The Labute approximate surface area is 387 Å². The highest BCUT2D eigenvalue weighted by Crippen LogP contribution is 2.47. The molecular formula is C61H70S2. The average Bonchev–Trinajstić information content (AvgIpc) is 3.99. The topological polar surface area (TPSA) is 0 Å². The summed E-state index contributed by atoms with van der Waals surface area (Å²) in [6.07, 6.45) is 26.5. The molecule has 63 heavy (non-hydrogen) atoms. The summed E-state index contributed by atoms with van der Waals surface area (Å²) in [5, 5.41) is 5.84. The zero-order chi connectivity index (χ0) is 43.1. The van der Waals surface area contributed by atoms with Crippen LogP contribution >= 0.6 is 22.7 Å². The van der Waals surface area contributed by atoms with Gasteiger partial charge in [0.15, 0.2) is 0 Å². The van der Waals surface area contributed by atoms with E-state index in [-0.39, 0.29) is 0 Å². The van der Waals surface area contributed by atoms with Gasteiger partial charge >= 0.3 is 0 Å². The predicted molar refractivity (Wildman–Crippen MR) is 283 cm³/mol. The van der Waals surface area contributed by atoms with Crippen LogP contribution in [0.4, 0.5) is 0 Å². The summed E-state index contributed by atoms with van der Waals surface area (Å²) < 4.78 is 5.74. The Morgan fingerprint density at radius 2 is 0.714 bits per heavy atom. The second kappa shape index (κ2) is 20.7. The maximum Gasteiger partial charge on any atom is 0.0434 e. The minimum Gasteiger partial charge on any atom is -0.135 e. The number of benzene rings is 6. The van der Waals surface area contributed by atoms with E-state index in [4.69, 9.17) is 0 Å². The van der Waals surface area contributed by atoms with Crippen molar-refractivity contribution in [1.82, 2.24) is 0 Å². The van der Waals surface area contributed by atoms with Gasteiger partial charge in [0.2, 0.25) is 0 Å². The lowest BCUT2D eigenvalue weighted by Crippen LogP contribution is -1.90. The minimum atomic E-state index is 1.01. The normalized spacial score (nSPS) is 12.4. The summed E-state index contributed by atoms with van der Waals surface area (Å²) in [6.45, 7) is 9.25. The number of aryl methyl sites for hydroxylation is 4. The van der Waals surface area contributed by atoms with Crippen molar-refractivity contribution in [2.24, 2.45) is 0 Å². The van der Waals surface area contributed by atoms with E-state index in [0.29, 0.717) is 0 Å². The first-order valence-electron chi connectivity index (χ1n) is 25.3. The van der Waals surface area contributed by atoms with Gasteiger partial charge in [-0.1, -0.05) is 141 Å². The lowest BCUT2D eigenvalue weighted by Gasteiger charge is -2.12. The smallest absolute Gasteiger partial charge is 0.0434 e. The average molecular weight is 867 g/mol. The molecule has 2 aromatic heterocycles. The molecule has 2 heteroatoms. The molecule has 0 amide bonds. The molecule has 1 aliphatic rings. The summed E-state index contributed by atoms with van der Waals surface area (Å²) in [4.78, 5) is 0. The number of thiophene rings is 2. The van der Waals surface area contributed by atoms with Crippen molar-refractivity contribution in [1.29, 1.82) is 0 Å². The summed E-state index contributed by atoms with van der Waals surface area (Å²) in [6, 6.07) is 39.8. The Morgan fingerprint density at radius 1 is 0.333 bits per heavy atom. The van der Waals surface area contributed by atoms with Gasteiger partial charge in [-0.05, 0) is 185 Å². The number of rotatable bonds is 22. The first-order chi connectivity index (χ1) is 31.0. The molecule has 2 heterocycles. The molecule has 0 saturated carbocycles. The molecule has 9 rings (SSSR count). The van der Waals surface area contributed by atoms with Crippen LogP contribution in [0.5, 0.6) is 0 Å². The van der Waals surface area contributed by atoms with Crippen LogP contribution in [0.15, 0.2) is 97.1 Å². The Bertz CT molecular complexity index is 2630. The van der Waals surface area contributed by atoms with Gasteiger partial charge in [-0.15, -0.1) is 22.7 Å². The SMILES string of the molecule is CCCCCCc1ccc2sc3c(-c4ccc5c(c4)-c4cc(-c6cc(CCCCCC)cc7c6sc6ccc(CCCCCC)cc67)ccc4C5)cc(CCCCCC)cc3c2c1. The molecule has 0 bridgehead atoms. The van der Waals surface area contributed by atoms with Crippen molar-refractivity contribution in [2.45, 2.75) is 163 Å². The number of hydrogen-bond donors (Lipinski definition) is 0. The Balaban J connectivity index is 1.11. The molecule has 326 valence electrons. The van der Waals surface area contributed by atoms with Crippen LogP contribution in [-0.4, -0.2) is 0 Å². The fourth-order valence-electron chi connectivity index (χ4n) is 10.5. The van der Waals surface area contributed by atoms with Crippen molar-refractivity contribution in [2.75, 3.05) is 0 Å². The van der Waals surface area contributed by atoms with E-state index in [1.165, 1.54) is 223 Å². The van der Waals surface area contributed by atoms with Crippen LogP contribution in [0.1, 0.15) is 164 Å². The van der Waals surface area contributed by atoms with Crippen LogP contribution in [0.25, 0.3) is 73.7 Å². The van der Waals surface area contributed by atoms with E-state index in [9.17, 15) is 0 Å². The molecule has 0 fully saturated rings. The first-order valence-corrected chi connectivity index (χ1v) is 26.9. The summed E-state index contributed by atoms with van der Waals surface area (Å²) >= 11 is 4.01. The van der Waals surface area contributed by atoms with Crippen molar-refractivity contribution >= 4 is 63.0 Å². The van der Waals surface area contributed by atoms with Gasteiger partial charge in [-0.3, -0.25) is 0 Å². The van der Waals surface area contributed by atoms with Gasteiger partial charge in [0, 0.05) is 40.3 Å². The fourth-order valence-corrected chi connectivity index (χ4v) is 12.9. The third-order valence-electron chi connectivity index (χ3n) is 14.2. The number of unbranched alkanes of at least 4 members (excludes halogenated alkanes) is 12. The van der Waals surface area contributed by atoms with E-state index >= 15 is 0 Å². The molecule has 0 radical (unpaired) electrons. The van der Waals surface area contributed by atoms with E-state index < -0.39 is 0 Å². The van der Waals surface area contributed by atoms with E-state index in [1.54, 1.807) is 0 Å². The molecule has 0 N–H and O–H groups in total. The molecule has 0 nitrogen and oxygen atoms in total.